The maximum absolute atomic E-state index is 12.8. The van der Waals surface area contributed by atoms with E-state index in [1.54, 1.807) is 0 Å². The number of aryl methyl sites for hydroxylation is 1. The second-order valence-electron chi connectivity index (χ2n) is 5.51. The van der Waals surface area contributed by atoms with Crippen molar-refractivity contribution in [2.75, 3.05) is 13.2 Å². The van der Waals surface area contributed by atoms with Crippen LogP contribution in [0.1, 0.15) is 35.0 Å². The van der Waals surface area contributed by atoms with Crippen molar-refractivity contribution in [1.29, 1.82) is 0 Å². The van der Waals surface area contributed by atoms with E-state index in [1.165, 1.54) is 0 Å². The lowest BCUT2D eigenvalue weighted by Gasteiger charge is -2.20. The molecule has 1 aromatic carbocycles. The summed E-state index contributed by atoms with van der Waals surface area (Å²) in [5.74, 6) is 0.708. The molecule has 116 valence electrons. The minimum atomic E-state index is -0.0330. The molecule has 5 heteroatoms. The standard InChI is InChI=1S/C17H21N3O2/c1-3-19(12-14-8-5-4-6-9-14)16(21)15-13(2)17-20(18-15)10-7-11-22-17/h4-6,8-9H,3,7,10-12H2,1-2H3. The van der Waals surface area contributed by atoms with Gasteiger partial charge in [0.15, 0.2) is 5.69 Å². The monoisotopic (exact) mass is 299 g/mol. The van der Waals surface area contributed by atoms with Crippen LogP contribution < -0.4 is 4.74 Å². The third kappa shape index (κ3) is 2.71. The molecular formula is C17H21N3O2. The summed E-state index contributed by atoms with van der Waals surface area (Å²) >= 11 is 0. The Balaban J connectivity index is 1.84. The van der Waals surface area contributed by atoms with E-state index in [-0.39, 0.29) is 5.91 Å². The van der Waals surface area contributed by atoms with Gasteiger partial charge in [0.1, 0.15) is 0 Å². The quantitative estimate of drug-likeness (QED) is 0.872. The van der Waals surface area contributed by atoms with Gasteiger partial charge in [-0.2, -0.15) is 5.10 Å². The largest absolute Gasteiger partial charge is 0.478 e. The van der Waals surface area contributed by atoms with E-state index in [0.29, 0.717) is 25.4 Å². The summed E-state index contributed by atoms with van der Waals surface area (Å²) in [6, 6.07) is 10.0. The van der Waals surface area contributed by atoms with Gasteiger partial charge in [0.05, 0.1) is 6.61 Å². The first kappa shape index (κ1) is 14.6. The Morgan fingerprint density at radius 3 is 2.82 bits per heavy atom. The molecule has 2 heterocycles. The molecule has 0 unspecified atom stereocenters. The topological polar surface area (TPSA) is 47.4 Å². The Kier molecular flexibility index (Phi) is 4.13. The fraction of sp³-hybridized carbons (Fsp3) is 0.412. The summed E-state index contributed by atoms with van der Waals surface area (Å²) in [4.78, 5) is 14.6. The molecule has 1 aromatic heterocycles. The molecule has 0 saturated carbocycles. The molecule has 1 aliphatic rings. The van der Waals surface area contributed by atoms with E-state index in [0.717, 1.165) is 30.0 Å². The lowest BCUT2D eigenvalue weighted by molar-refractivity contribution is 0.0745. The van der Waals surface area contributed by atoms with Crippen LogP contribution in [-0.4, -0.2) is 33.7 Å². The molecular weight excluding hydrogens is 278 g/mol. The van der Waals surface area contributed by atoms with Crippen LogP contribution in [0.3, 0.4) is 0 Å². The van der Waals surface area contributed by atoms with E-state index in [1.807, 2.05) is 53.8 Å². The van der Waals surface area contributed by atoms with E-state index in [2.05, 4.69) is 5.10 Å². The Morgan fingerprint density at radius 1 is 1.36 bits per heavy atom. The average Bonchev–Trinajstić information content (AvgIpc) is 2.90. The Labute approximate surface area is 130 Å². The first-order valence-corrected chi connectivity index (χ1v) is 7.74. The van der Waals surface area contributed by atoms with E-state index >= 15 is 0 Å². The Hall–Kier alpha value is -2.30. The van der Waals surface area contributed by atoms with E-state index < -0.39 is 0 Å². The van der Waals surface area contributed by atoms with Crippen LogP contribution >= 0.6 is 0 Å². The van der Waals surface area contributed by atoms with Crippen LogP contribution in [0.25, 0.3) is 0 Å². The lowest BCUT2D eigenvalue weighted by Crippen LogP contribution is -2.31. The molecule has 3 rings (SSSR count). The van der Waals surface area contributed by atoms with Gasteiger partial charge >= 0.3 is 0 Å². The van der Waals surface area contributed by atoms with Gasteiger partial charge in [0, 0.05) is 31.6 Å². The number of aromatic nitrogens is 2. The number of rotatable bonds is 4. The van der Waals surface area contributed by atoms with E-state index in [9.17, 15) is 4.79 Å². The SMILES string of the molecule is CCN(Cc1ccccc1)C(=O)c1nn2c(c1C)OCCC2. The summed E-state index contributed by atoms with van der Waals surface area (Å²) in [5.41, 5.74) is 2.47. The van der Waals surface area contributed by atoms with Gasteiger partial charge in [-0.05, 0) is 19.4 Å². The highest BCUT2D eigenvalue weighted by molar-refractivity contribution is 5.94. The second kappa shape index (κ2) is 6.22. The summed E-state index contributed by atoms with van der Waals surface area (Å²) < 4.78 is 7.45. The minimum Gasteiger partial charge on any atom is -0.478 e. The highest BCUT2D eigenvalue weighted by Crippen LogP contribution is 2.26. The predicted molar refractivity (Wildman–Crippen MR) is 83.9 cm³/mol. The molecule has 0 saturated heterocycles. The van der Waals surface area contributed by atoms with Gasteiger partial charge in [-0.1, -0.05) is 30.3 Å². The van der Waals surface area contributed by atoms with Crippen LogP contribution in [0.15, 0.2) is 30.3 Å². The van der Waals surface area contributed by atoms with Crippen LogP contribution in [0.5, 0.6) is 5.88 Å². The minimum absolute atomic E-state index is 0.0330. The number of ether oxygens (including phenoxy) is 1. The van der Waals surface area contributed by atoms with Crippen molar-refractivity contribution in [3.05, 3.63) is 47.2 Å². The smallest absolute Gasteiger partial charge is 0.275 e. The van der Waals surface area contributed by atoms with Crippen molar-refractivity contribution in [3.63, 3.8) is 0 Å². The number of hydrogen-bond donors (Lipinski definition) is 0. The number of carbonyl (C=O) groups is 1. The number of amides is 1. The second-order valence-corrected chi connectivity index (χ2v) is 5.51. The number of fused-ring (bicyclic) bond motifs is 1. The van der Waals surface area contributed by atoms with Crippen LogP contribution in [0.2, 0.25) is 0 Å². The third-order valence-electron chi connectivity index (χ3n) is 3.97. The molecule has 0 bridgehead atoms. The van der Waals surface area contributed by atoms with Crippen LogP contribution in [-0.2, 0) is 13.1 Å². The number of nitrogens with zero attached hydrogens (tertiary/aromatic N) is 3. The van der Waals surface area contributed by atoms with Crippen molar-refractivity contribution in [3.8, 4) is 5.88 Å². The number of hydrogen-bond acceptors (Lipinski definition) is 3. The van der Waals surface area contributed by atoms with Crippen LogP contribution in [0.4, 0.5) is 0 Å². The zero-order valence-electron chi connectivity index (χ0n) is 13.1. The first-order valence-electron chi connectivity index (χ1n) is 7.74. The highest BCUT2D eigenvalue weighted by Gasteiger charge is 2.26. The van der Waals surface area contributed by atoms with Crippen molar-refractivity contribution in [2.24, 2.45) is 0 Å². The van der Waals surface area contributed by atoms with Crippen molar-refractivity contribution >= 4 is 5.91 Å². The summed E-state index contributed by atoms with van der Waals surface area (Å²) in [7, 11) is 0. The summed E-state index contributed by atoms with van der Waals surface area (Å²) in [5, 5.41) is 4.46. The van der Waals surface area contributed by atoms with E-state index in [4.69, 9.17) is 4.74 Å². The third-order valence-corrected chi connectivity index (χ3v) is 3.97. The Morgan fingerprint density at radius 2 is 2.14 bits per heavy atom. The zero-order chi connectivity index (χ0) is 15.5. The number of benzene rings is 1. The van der Waals surface area contributed by atoms with Crippen molar-refractivity contribution in [2.45, 2.75) is 33.4 Å². The van der Waals surface area contributed by atoms with Gasteiger partial charge in [0.25, 0.3) is 5.91 Å². The zero-order valence-corrected chi connectivity index (χ0v) is 13.1. The fourth-order valence-corrected chi connectivity index (χ4v) is 2.74. The van der Waals surface area contributed by atoms with Crippen molar-refractivity contribution < 1.29 is 9.53 Å². The molecule has 0 radical (unpaired) electrons. The van der Waals surface area contributed by atoms with Gasteiger partial charge in [0.2, 0.25) is 5.88 Å². The number of carbonyl (C=O) groups excluding carboxylic acids is 1. The molecule has 0 fully saturated rings. The fourth-order valence-electron chi connectivity index (χ4n) is 2.74. The van der Waals surface area contributed by atoms with Gasteiger partial charge in [-0.3, -0.25) is 4.79 Å². The van der Waals surface area contributed by atoms with Crippen LogP contribution in [0, 0.1) is 6.92 Å². The molecule has 1 aliphatic heterocycles. The molecule has 22 heavy (non-hydrogen) atoms. The molecule has 2 aromatic rings. The van der Waals surface area contributed by atoms with Gasteiger partial charge < -0.3 is 9.64 Å². The highest BCUT2D eigenvalue weighted by atomic mass is 16.5. The molecule has 0 N–H and O–H groups in total. The first-order chi connectivity index (χ1) is 10.7. The lowest BCUT2D eigenvalue weighted by atomic mass is 10.2. The Bertz CT molecular complexity index is 664. The maximum Gasteiger partial charge on any atom is 0.275 e. The van der Waals surface area contributed by atoms with Gasteiger partial charge in [-0.15, -0.1) is 0 Å². The van der Waals surface area contributed by atoms with Crippen molar-refractivity contribution in [1.82, 2.24) is 14.7 Å². The molecule has 0 atom stereocenters. The molecule has 0 aliphatic carbocycles. The maximum atomic E-state index is 12.8. The molecule has 5 nitrogen and oxygen atoms in total. The molecule has 0 spiro atoms. The van der Waals surface area contributed by atoms with Gasteiger partial charge in [-0.25, -0.2) is 4.68 Å². The summed E-state index contributed by atoms with van der Waals surface area (Å²) in [6.45, 7) is 6.65. The molecule has 1 amide bonds. The normalized spacial score (nSPS) is 13.4. The average molecular weight is 299 g/mol. The predicted octanol–water partition coefficient (Wildman–Crippen LogP) is 2.64. The summed E-state index contributed by atoms with van der Waals surface area (Å²) in [6.07, 6.45) is 0.934.